The fraction of sp³-hybridized carbons (Fsp3) is 0.375. The van der Waals surface area contributed by atoms with Gasteiger partial charge in [-0.15, -0.1) is 0 Å². The number of aryl methyl sites for hydroxylation is 1. The highest BCUT2D eigenvalue weighted by atomic mass is 15.2. The molecule has 4 nitrogen and oxygen atoms in total. The molecule has 1 N–H and O–H groups in total. The van der Waals surface area contributed by atoms with Gasteiger partial charge >= 0.3 is 0 Å². The number of nitrogens with one attached hydrogen (secondary N) is 1. The predicted molar refractivity (Wildman–Crippen MR) is 79.5 cm³/mol. The third-order valence-corrected chi connectivity index (χ3v) is 4.39. The zero-order valence-electron chi connectivity index (χ0n) is 11.6. The van der Waals surface area contributed by atoms with E-state index in [1.807, 2.05) is 36.5 Å². The Kier molecular flexibility index (Phi) is 2.62. The minimum Gasteiger partial charge on any atom is -0.346 e. The summed E-state index contributed by atoms with van der Waals surface area (Å²) in [6, 6.07) is 2.32. The zero-order chi connectivity index (χ0) is 13.5. The Hall–Kier alpha value is -2.10. The van der Waals surface area contributed by atoms with Crippen molar-refractivity contribution in [2.45, 2.75) is 31.6 Å². The van der Waals surface area contributed by atoms with Crippen LogP contribution in [0, 0.1) is 0 Å². The molecule has 0 atom stereocenters. The van der Waals surface area contributed by atoms with E-state index < -0.39 is 0 Å². The number of aromatic amines is 1. The number of H-pyrrole nitrogens is 1. The summed E-state index contributed by atoms with van der Waals surface area (Å²) < 4.78 is 1.84. The van der Waals surface area contributed by atoms with Crippen LogP contribution >= 0.6 is 0 Å². The first-order valence-electron chi connectivity index (χ1n) is 7.27. The predicted octanol–water partition coefficient (Wildman–Crippen LogP) is 3.62. The van der Waals surface area contributed by atoms with Crippen LogP contribution in [0.25, 0.3) is 22.2 Å². The molecule has 0 radical (unpaired) electrons. The van der Waals surface area contributed by atoms with Crippen LogP contribution in [0.2, 0.25) is 0 Å². The molecule has 0 aliphatic heterocycles. The van der Waals surface area contributed by atoms with Gasteiger partial charge in [0.2, 0.25) is 0 Å². The van der Waals surface area contributed by atoms with Crippen LogP contribution in [0.15, 0.2) is 30.9 Å². The lowest BCUT2D eigenvalue weighted by molar-refractivity contribution is 0.721. The van der Waals surface area contributed by atoms with Gasteiger partial charge in [-0.2, -0.15) is 5.10 Å². The van der Waals surface area contributed by atoms with E-state index in [0.717, 1.165) is 11.2 Å². The van der Waals surface area contributed by atoms with Crippen molar-refractivity contribution in [1.29, 1.82) is 0 Å². The highest BCUT2D eigenvalue weighted by Gasteiger charge is 2.18. The molecule has 1 aliphatic carbocycles. The Labute approximate surface area is 117 Å². The average Bonchev–Trinajstić information content (AvgIpc) is 3.17. The van der Waals surface area contributed by atoms with Crippen molar-refractivity contribution in [2.24, 2.45) is 7.05 Å². The van der Waals surface area contributed by atoms with Gasteiger partial charge in [0.15, 0.2) is 0 Å². The third-order valence-electron chi connectivity index (χ3n) is 4.39. The molecule has 1 saturated carbocycles. The molecule has 1 aliphatic rings. The average molecular weight is 266 g/mol. The monoisotopic (exact) mass is 266 g/mol. The van der Waals surface area contributed by atoms with Gasteiger partial charge in [-0.05, 0) is 30.4 Å². The lowest BCUT2D eigenvalue weighted by Gasteiger charge is -2.08. The van der Waals surface area contributed by atoms with E-state index in [2.05, 4.69) is 21.1 Å². The summed E-state index contributed by atoms with van der Waals surface area (Å²) in [6.07, 6.45) is 13.3. The molecule has 3 heterocycles. The summed E-state index contributed by atoms with van der Waals surface area (Å²) in [5.41, 5.74) is 4.69. The van der Waals surface area contributed by atoms with Crippen molar-refractivity contribution in [3.63, 3.8) is 0 Å². The molecule has 4 heteroatoms. The summed E-state index contributed by atoms with van der Waals surface area (Å²) in [7, 11) is 1.94. The maximum atomic E-state index is 4.60. The molecule has 20 heavy (non-hydrogen) atoms. The number of rotatable bonds is 2. The Balaban J connectivity index is 1.83. The third kappa shape index (κ3) is 1.83. The molecule has 0 saturated heterocycles. The molecule has 3 aromatic rings. The van der Waals surface area contributed by atoms with Crippen molar-refractivity contribution >= 4 is 11.0 Å². The standard InChI is InChI=1S/C16H18N4/c1-20-10-13(8-19-20)15-9-18-16-14(15)6-12(7-17-16)11-4-2-3-5-11/h6-11H,2-5H2,1H3,(H,17,18). The van der Waals surface area contributed by atoms with Gasteiger partial charge in [0.05, 0.1) is 6.20 Å². The first-order chi connectivity index (χ1) is 9.81. The topological polar surface area (TPSA) is 46.5 Å². The van der Waals surface area contributed by atoms with Crippen LogP contribution in [0.1, 0.15) is 37.2 Å². The smallest absolute Gasteiger partial charge is 0.137 e. The Morgan fingerprint density at radius 1 is 1.25 bits per heavy atom. The van der Waals surface area contributed by atoms with Crippen LogP contribution in [-0.2, 0) is 7.05 Å². The summed E-state index contributed by atoms with van der Waals surface area (Å²) in [4.78, 5) is 7.86. The van der Waals surface area contributed by atoms with E-state index in [1.54, 1.807) is 0 Å². The maximum absolute atomic E-state index is 4.60. The first-order valence-corrected chi connectivity index (χ1v) is 7.27. The molecular weight excluding hydrogens is 248 g/mol. The van der Waals surface area contributed by atoms with Crippen LogP contribution < -0.4 is 0 Å². The normalized spacial score (nSPS) is 16.2. The quantitative estimate of drug-likeness (QED) is 0.770. The minimum atomic E-state index is 0.698. The van der Waals surface area contributed by atoms with Gasteiger partial charge in [0.1, 0.15) is 5.65 Å². The van der Waals surface area contributed by atoms with Crippen LogP contribution in [0.3, 0.4) is 0 Å². The van der Waals surface area contributed by atoms with Gasteiger partial charge in [-0.25, -0.2) is 4.98 Å². The van der Waals surface area contributed by atoms with E-state index in [-0.39, 0.29) is 0 Å². The lowest BCUT2D eigenvalue weighted by atomic mass is 9.97. The summed E-state index contributed by atoms with van der Waals surface area (Å²) in [6.45, 7) is 0. The summed E-state index contributed by atoms with van der Waals surface area (Å²) in [5.74, 6) is 0.698. The Bertz CT molecular complexity index is 747. The van der Waals surface area contributed by atoms with Crippen molar-refractivity contribution < 1.29 is 0 Å². The number of aromatic nitrogens is 4. The van der Waals surface area contributed by atoms with Crippen LogP contribution in [0.5, 0.6) is 0 Å². The van der Waals surface area contributed by atoms with Gasteiger partial charge in [0.25, 0.3) is 0 Å². The molecule has 102 valence electrons. The Morgan fingerprint density at radius 2 is 2.10 bits per heavy atom. The second-order valence-electron chi connectivity index (χ2n) is 5.75. The number of pyridine rings is 1. The van der Waals surface area contributed by atoms with E-state index in [9.17, 15) is 0 Å². The molecule has 0 spiro atoms. The summed E-state index contributed by atoms with van der Waals surface area (Å²) in [5, 5.41) is 5.47. The van der Waals surface area contributed by atoms with Gasteiger partial charge in [-0.3, -0.25) is 4.68 Å². The van der Waals surface area contributed by atoms with E-state index in [4.69, 9.17) is 0 Å². The van der Waals surface area contributed by atoms with Crippen molar-refractivity contribution in [2.75, 3.05) is 0 Å². The number of fused-ring (bicyclic) bond motifs is 1. The van der Waals surface area contributed by atoms with Gasteiger partial charge in [-0.1, -0.05) is 12.8 Å². The van der Waals surface area contributed by atoms with Gasteiger partial charge in [0, 0.05) is 42.2 Å². The van der Waals surface area contributed by atoms with E-state index in [0.29, 0.717) is 5.92 Å². The van der Waals surface area contributed by atoms with Crippen molar-refractivity contribution in [3.05, 3.63) is 36.4 Å². The fourth-order valence-corrected chi connectivity index (χ4v) is 3.30. The minimum absolute atomic E-state index is 0.698. The Morgan fingerprint density at radius 3 is 2.85 bits per heavy atom. The largest absolute Gasteiger partial charge is 0.346 e. The second-order valence-corrected chi connectivity index (χ2v) is 5.75. The molecular formula is C16H18N4. The fourth-order valence-electron chi connectivity index (χ4n) is 3.30. The number of hydrogen-bond donors (Lipinski definition) is 1. The molecule has 0 aromatic carbocycles. The highest BCUT2D eigenvalue weighted by molar-refractivity contribution is 5.93. The van der Waals surface area contributed by atoms with Crippen LogP contribution in [0.4, 0.5) is 0 Å². The first kappa shape index (κ1) is 11.7. The van der Waals surface area contributed by atoms with Gasteiger partial charge < -0.3 is 4.98 Å². The number of nitrogens with zero attached hydrogens (tertiary/aromatic N) is 3. The molecule has 4 rings (SSSR count). The van der Waals surface area contributed by atoms with Crippen LogP contribution in [-0.4, -0.2) is 19.7 Å². The lowest BCUT2D eigenvalue weighted by Crippen LogP contribution is -1.93. The SMILES string of the molecule is Cn1cc(-c2c[nH]c3ncc(C4CCCC4)cc23)cn1. The molecule has 0 bridgehead atoms. The molecule has 1 fully saturated rings. The maximum Gasteiger partial charge on any atom is 0.137 e. The molecule has 0 amide bonds. The second kappa shape index (κ2) is 4.47. The number of hydrogen-bond acceptors (Lipinski definition) is 2. The van der Waals surface area contributed by atoms with Crippen molar-refractivity contribution in [1.82, 2.24) is 19.7 Å². The van der Waals surface area contributed by atoms with Crippen molar-refractivity contribution in [3.8, 4) is 11.1 Å². The molecule has 0 unspecified atom stereocenters. The van der Waals surface area contributed by atoms with E-state index in [1.165, 1.54) is 42.2 Å². The summed E-state index contributed by atoms with van der Waals surface area (Å²) >= 11 is 0. The highest BCUT2D eigenvalue weighted by Crippen LogP contribution is 2.36. The zero-order valence-corrected chi connectivity index (χ0v) is 11.6. The van der Waals surface area contributed by atoms with E-state index >= 15 is 0 Å². The molecule has 3 aromatic heterocycles.